The van der Waals surface area contributed by atoms with E-state index in [1.54, 1.807) is 11.1 Å². The van der Waals surface area contributed by atoms with E-state index in [-0.39, 0.29) is 11.8 Å². The summed E-state index contributed by atoms with van der Waals surface area (Å²) in [5, 5.41) is 2.80. The van der Waals surface area contributed by atoms with Gasteiger partial charge in [0.2, 0.25) is 11.8 Å². The van der Waals surface area contributed by atoms with E-state index in [1.807, 2.05) is 42.5 Å². The number of hydrogen-bond acceptors (Lipinski definition) is 3. The molecule has 1 aromatic carbocycles. The van der Waals surface area contributed by atoms with Gasteiger partial charge in [-0.1, -0.05) is 28.1 Å². The molecule has 23 heavy (non-hydrogen) atoms. The van der Waals surface area contributed by atoms with Crippen molar-refractivity contribution in [1.29, 1.82) is 0 Å². The van der Waals surface area contributed by atoms with Crippen LogP contribution in [0.15, 0.2) is 53.1 Å². The molecule has 1 aromatic heterocycles. The highest BCUT2D eigenvalue weighted by Crippen LogP contribution is 2.27. The number of nitrogens with one attached hydrogen (secondary N) is 1. The molecule has 1 N–H and O–H groups in total. The van der Waals surface area contributed by atoms with E-state index in [9.17, 15) is 9.59 Å². The van der Waals surface area contributed by atoms with Gasteiger partial charge in [0, 0.05) is 22.9 Å². The maximum atomic E-state index is 12.5. The summed E-state index contributed by atoms with van der Waals surface area (Å²) in [6.45, 7) is 0.886. The number of carbonyl (C=O) groups is 2. The number of nitrogens with zero attached hydrogens (tertiary/aromatic N) is 2. The first kappa shape index (κ1) is 15.7. The number of aromatic nitrogens is 1. The largest absolute Gasteiger partial charge is 0.350 e. The Kier molecular flexibility index (Phi) is 4.71. The number of halogens is 1. The third-order valence-electron chi connectivity index (χ3n) is 3.81. The van der Waals surface area contributed by atoms with Crippen molar-refractivity contribution in [3.63, 3.8) is 0 Å². The fourth-order valence-electron chi connectivity index (χ4n) is 2.63. The van der Waals surface area contributed by atoms with Crippen molar-refractivity contribution in [3.05, 3.63) is 58.8 Å². The molecule has 3 rings (SSSR count). The molecule has 1 aliphatic rings. The molecule has 118 valence electrons. The number of anilines is 1. The van der Waals surface area contributed by atoms with Crippen LogP contribution in [0.1, 0.15) is 12.1 Å². The maximum absolute atomic E-state index is 12.5. The molecule has 1 fully saturated rings. The highest BCUT2D eigenvalue weighted by molar-refractivity contribution is 9.10. The number of pyridine rings is 1. The van der Waals surface area contributed by atoms with Crippen molar-refractivity contribution in [2.45, 2.75) is 13.0 Å². The Morgan fingerprint density at radius 1 is 1.30 bits per heavy atom. The molecule has 0 spiro atoms. The summed E-state index contributed by atoms with van der Waals surface area (Å²) < 4.78 is 0.908. The molecule has 1 aliphatic heterocycles. The van der Waals surface area contributed by atoms with Crippen LogP contribution in [-0.2, 0) is 16.1 Å². The van der Waals surface area contributed by atoms with Crippen LogP contribution in [0.25, 0.3) is 0 Å². The van der Waals surface area contributed by atoms with E-state index in [1.165, 1.54) is 0 Å². The molecule has 0 saturated carbocycles. The van der Waals surface area contributed by atoms with Gasteiger partial charge in [-0.05, 0) is 36.8 Å². The van der Waals surface area contributed by atoms with Gasteiger partial charge in [-0.15, -0.1) is 0 Å². The standard InChI is InChI=1S/C17H16BrN3O2/c18-12-4-3-6-14(10-12)21-9-7-15(17(21)23)16(22)20-11-13-5-1-2-8-19-13/h1-6,8,10,15H,7,9,11H2,(H,20,22). The Bertz CT molecular complexity index is 721. The van der Waals surface area contributed by atoms with Gasteiger partial charge < -0.3 is 10.2 Å². The van der Waals surface area contributed by atoms with Crippen molar-refractivity contribution in [2.75, 3.05) is 11.4 Å². The molecule has 6 heteroatoms. The molecule has 5 nitrogen and oxygen atoms in total. The Morgan fingerprint density at radius 3 is 2.91 bits per heavy atom. The molecule has 2 heterocycles. The lowest BCUT2D eigenvalue weighted by atomic mass is 10.1. The first-order chi connectivity index (χ1) is 11.1. The minimum absolute atomic E-state index is 0.151. The van der Waals surface area contributed by atoms with Gasteiger partial charge in [-0.3, -0.25) is 14.6 Å². The SMILES string of the molecule is O=C(NCc1ccccn1)C1CCN(c2cccc(Br)c2)C1=O. The molecule has 1 atom stereocenters. The molecular weight excluding hydrogens is 358 g/mol. The smallest absolute Gasteiger partial charge is 0.239 e. The van der Waals surface area contributed by atoms with Gasteiger partial charge in [0.25, 0.3) is 0 Å². The van der Waals surface area contributed by atoms with Crippen LogP contribution >= 0.6 is 15.9 Å². The second-order valence-corrected chi connectivity index (χ2v) is 6.27. The Labute approximate surface area is 142 Å². The van der Waals surface area contributed by atoms with Crippen LogP contribution in [0.4, 0.5) is 5.69 Å². The molecule has 2 amide bonds. The Balaban J connectivity index is 1.63. The minimum atomic E-state index is -0.627. The fourth-order valence-corrected chi connectivity index (χ4v) is 3.01. The molecule has 0 bridgehead atoms. The van der Waals surface area contributed by atoms with E-state index in [0.717, 1.165) is 15.9 Å². The van der Waals surface area contributed by atoms with Crippen LogP contribution in [0, 0.1) is 5.92 Å². The van der Waals surface area contributed by atoms with E-state index in [4.69, 9.17) is 0 Å². The lowest BCUT2D eigenvalue weighted by Gasteiger charge is -2.17. The molecule has 0 aliphatic carbocycles. The summed E-state index contributed by atoms with van der Waals surface area (Å²) in [6.07, 6.45) is 2.20. The monoisotopic (exact) mass is 373 g/mol. The van der Waals surface area contributed by atoms with Crippen LogP contribution in [0.3, 0.4) is 0 Å². The molecule has 1 unspecified atom stereocenters. The van der Waals surface area contributed by atoms with Gasteiger partial charge in [0.05, 0.1) is 12.2 Å². The highest BCUT2D eigenvalue weighted by Gasteiger charge is 2.37. The zero-order chi connectivity index (χ0) is 16.2. The predicted molar refractivity (Wildman–Crippen MR) is 90.7 cm³/mol. The number of benzene rings is 1. The van der Waals surface area contributed by atoms with E-state index in [0.29, 0.717) is 19.5 Å². The topological polar surface area (TPSA) is 62.3 Å². The summed E-state index contributed by atoms with van der Waals surface area (Å²) in [7, 11) is 0. The zero-order valence-corrected chi connectivity index (χ0v) is 14.0. The van der Waals surface area contributed by atoms with Gasteiger partial charge >= 0.3 is 0 Å². The van der Waals surface area contributed by atoms with Crippen molar-refractivity contribution < 1.29 is 9.59 Å². The van der Waals surface area contributed by atoms with Gasteiger partial charge in [0.15, 0.2) is 0 Å². The van der Waals surface area contributed by atoms with Crippen LogP contribution in [0.2, 0.25) is 0 Å². The predicted octanol–water partition coefficient (Wildman–Crippen LogP) is 2.51. The lowest BCUT2D eigenvalue weighted by Crippen LogP contribution is -2.36. The molecule has 2 aromatic rings. The van der Waals surface area contributed by atoms with Crippen molar-refractivity contribution in [2.24, 2.45) is 5.92 Å². The quantitative estimate of drug-likeness (QED) is 0.837. The maximum Gasteiger partial charge on any atom is 0.239 e. The first-order valence-electron chi connectivity index (χ1n) is 7.40. The van der Waals surface area contributed by atoms with Gasteiger partial charge in [-0.25, -0.2) is 0 Å². The minimum Gasteiger partial charge on any atom is -0.350 e. The third-order valence-corrected chi connectivity index (χ3v) is 4.31. The summed E-state index contributed by atoms with van der Waals surface area (Å²) in [6, 6.07) is 13.1. The van der Waals surface area contributed by atoms with Gasteiger partial charge in [-0.2, -0.15) is 0 Å². The van der Waals surface area contributed by atoms with Crippen LogP contribution < -0.4 is 10.2 Å². The van der Waals surface area contributed by atoms with Crippen LogP contribution in [-0.4, -0.2) is 23.3 Å². The molecule has 0 radical (unpaired) electrons. The average Bonchev–Trinajstić information content (AvgIpc) is 2.95. The van der Waals surface area contributed by atoms with E-state index >= 15 is 0 Å². The zero-order valence-electron chi connectivity index (χ0n) is 12.4. The summed E-state index contributed by atoms with van der Waals surface area (Å²) in [5.74, 6) is -1.02. The van der Waals surface area contributed by atoms with E-state index in [2.05, 4.69) is 26.2 Å². The van der Waals surface area contributed by atoms with Crippen molar-refractivity contribution >= 4 is 33.4 Å². The van der Waals surface area contributed by atoms with E-state index < -0.39 is 5.92 Å². The summed E-state index contributed by atoms with van der Waals surface area (Å²) >= 11 is 3.40. The molecule has 1 saturated heterocycles. The lowest BCUT2D eigenvalue weighted by molar-refractivity contribution is -0.132. The highest BCUT2D eigenvalue weighted by atomic mass is 79.9. The Morgan fingerprint density at radius 2 is 2.17 bits per heavy atom. The summed E-state index contributed by atoms with van der Waals surface area (Å²) in [5.41, 5.74) is 1.58. The molecular formula is C17H16BrN3O2. The van der Waals surface area contributed by atoms with Crippen LogP contribution in [0.5, 0.6) is 0 Å². The van der Waals surface area contributed by atoms with Crippen molar-refractivity contribution in [3.8, 4) is 0 Å². The fraction of sp³-hybridized carbons (Fsp3) is 0.235. The van der Waals surface area contributed by atoms with Crippen molar-refractivity contribution in [1.82, 2.24) is 10.3 Å². The number of hydrogen-bond donors (Lipinski definition) is 1. The second-order valence-electron chi connectivity index (χ2n) is 5.35. The second kappa shape index (κ2) is 6.91. The Hall–Kier alpha value is -2.21. The normalized spacial score (nSPS) is 17.3. The average molecular weight is 374 g/mol. The number of rotatable bonds is 4. The number of carbonyl (C=O) groups excluding carboxylic acids is 2. The third kappa shape index (κ3) is 3.59. The number of amides is 2. The first-order valence-corrected chi connectivity index (χ1v) is 8.19. The summed E-state index contributed by atoms with van der Waals surface area (Å²) in [4.78, 5) is 30.6. The van der Waals surface area contributed by atoms with Gasteiger partial charge in [0.1, 0.15) is 5.92 Å².